The minimum Gasteiger partial charge on any atom is -0.385 e. The monoisotopic (exact) mass is 160 g/mol. The molecule has 0 amide bonds. The first-order chi connectivity index (χ1) is 4.52. The average molecular weight is 161 g/mol. The summed E-state index contributed by atoms with van der Waals surface area (Å²) in [5, 5.41) is 9.57. The highest BCUT2D eigenvalue weighted by Crippen LogP contribution is 2.17. The normalized spacial score (nSPS) is 30.0. The van der Waals surface area contributed by atoms with E-state index in [1.165, 1.54) is 12.2 Å². The van der Waals surface area contributed by atoms with Gasteiger partial charge in [0.1, 0.15) is 11.8 Å². The van der Waals surface area contributed by atoms with Crippen LogP contribution in [0.4, 0.5) is 0 Å². The molecule has 1 aliphatic carbocycles. The Labute approximate surface area is 64.0 Å². The van der Waals surface area contributed by atoms with Crippen molar-refractivity contribution in [3.05, 3.63) is 23.3 Å². The van der Waals surface area contributed by atoms with Crippen molar-refractivity contribution < 1.29 is 5.11 Å². The standard InChI is InChI=1S/C6H9ClN2O/c7-4-1-2-5(10)6(8,9)3-4/h1-3,5,10H,8-9H2. The number of aliphatic hydroxyl groups excluding tert-OH is 1. The van der Waals surface area contributed by atoms with Crippen LogP contribution in [0.15, 0.2) is 23.3 Å². The third kappa shape index (κ3) is 1.38. The molecule has 0 aromatic heterocycles. The van der Waals surface area contributed by atoms with Gasteiger partial charge in [-0.3, -0.25) is 0 Å². The smallest absolute Gasteiger partial charge is 0.115 e. The van der Waals surface area contributed by atoms with Crippen molar-refractivity contribution in [3.63, 3.8) is 0 Å². The molecule has 0 saturated heterocycles. The minimum absolute atomic E-state index is 0.454. The van der Waals surface area contributed by atoms with Gasteiger partial charge in [0, 0.05) is 5.03 Å². The highest BCUT2D eigenvalue weighted by molar-refractivity contribution is 6.31. The summed E-state index contributed by atoms with van der Waals surface area (Å²) in [5.41, 5.74) is 9.64. The SMILES string of the molecule is NC1(N)C=C(Cl)C=CC1O. The predicted molar refractivity (Wildman–Crippen MR) is 40.2 cm³/mol. The molecule has 0 saturated carbocycles. The molecule has 5 N–H and O–H groups in total. The number of aliphatic hydroxyl groups is 1. The van der Waals surface area contributed by atoms with Gasteiger partial charge in [-0.25, -0.2) is 0 Å². The molecule has 0 spiro atoms. The van der Waals surface area contributed by atoms with Crippen molar-refractivity contribution in [1.29, 1.82) is 0 Å². The van der Waals surface area contributed by atoms with Gasteiger partial charge in [-0.2, -0.15) is 0 Å². The van der Waals surface area contributed by atoms with Crippen LogP contribution in [-0.2, 0) is 0 Å². The van der Waals surface area contributed by atoms with Crippen LogP contribution in [0.5, 0.6) is 0 Å². The zero-order valence-electron chi connectivity index (χ0n) is 5.29. The summed E-state index contributed by atoms with van der Waals surface area (Å²) in [6.07, 6.45) is 3.58. The molecule has 1 aliphatic rings. The van der Waals surface area contributed by atoms with Gasteiger partial charge in [-0.05, 0) is 12.2 Å². The topological polar surface area (TPSA) is 72.3 Å². The second kappa shape index (κ2) is 2.36. The van der Waals surface area contributed by atoms with Crippen LogP contribution in [-0.4, -0.2) is 16.9 Å². The minimum atomic E-state index is -1.22. The Kier molecular flexibility index (Phi) is 1.83. The van der Waals surface area contributed by atoms with Gasteiger partial charge >= 0.3 is 0 Å². The Hall–Kier alpha value is -0.350. The van der Waals surface area contributed by atoms with Gasteiger partial charge in [0.05, 0.1) is 0 Å². The van der Waals surface area contributed by atoms with Gasteiger partial charge in [0.15, 0.2) is 0 Å². The van der Waals surface area contributed by atoms with Gasteiger partial charge < -0.3 is 16.6 Å². The lowest BCUT2D eigenvalue weighted by atomic mass is 10.0. The summed E-state index contributed by atoms with van der Waals surface area (Å²) >= 11 is 5.57. The summed E-state index contributed by atoms with van der Waals surface area (Å²) in [4.78, 5) is 0. The quantitative estimate of drug-likeness (QED) is 0.425. The zero-order valence-corrected chi connectivity index (χ0v) is 6.05. The maximum atomic E-state index is 9.11. The third-order valence-electron chi connectivity index (χ3n) is 1.34. The van der Waals surface area contributed by atoms with E-state index in [1.807, 2.05) is 0 Å². The van der Waals surface area contributed by atoms with E-state index in [-0.39, 0.29) is 0 Å². The van der Waals surface area contributed by atoms with Gasteiger partial charge in [-0.15, -0.1) is 0 Å². The summed E-state index contributed by atoms with van der Waals surface area (Å²) in [6.45, 7) is 0. The van der Waals surface area contributed by atoms with Gasteiger partial charge in [0.25, 0.3) is 0 Å². The van der Waals surface area contributed by atoms with Crippen molar-refractivity contribution in [3.8, 4) is 0 Å². The Morgan fingerprint density at radius 3 is 2.60 bits per heavy atom. The van der Waals surface area contributed by atoms with Crippen LogP contribution in [0.25, 0.3) is 0 Å². The van der Waals surface area contributed by atoms with E-state index < -0.39 is 11.8 Å². The lowest BCUT2D eigenvalue weighted by molar-refractivity contribution is 0.155. The Morgan fingerprint density at radius 2 is 2.20 bits per heavy atom. The second-order valence-corrected chi connectivity index (χ2v) is 2.77. The molecule has 4 heteroatoms. The fourth-order valence-electron chi connectivity index (χ4n) is 0.722. The largest absolute Gasteiger partial charge is 0.385 e. The van der Waals surface area contributed by atoms with Crippen LogP contribution in [0, 0.1) is 0 Å². The van der Waals surface area contributed by atoms with Crippen LogP contribution in [0.1, 0.15) is 0 Å². The fraction of sp³-hybridized carbons (Fsp3) is 0.333. The first kappa shape index (κ1) is 7.75. The van der Waals surface area contributed by atoms with Gasteiger partial charge in [0.2, 0.25) is 0 Å². The van der Waals surface area contributed by atoms with E-state index in [0.29, 0.717) is 5.03 Å². The summed E-state index contributed by atoms with van der Waals surface area (Å²) < 4.78 is 0. The molecular formula is C6H9ClN2O. The van der Waals surface area contributed by atoms with E-state index in [1.54, 1.807) is 6.08 Å². The summed E-state index contributed by atoms with van der Waals surface area (Å²) in [7, 11) is 0. The maximum Gasteiger partial charge on any atom is 0.115 e. The lowest BCUT2D eigenvalue weighted by Crippen LogP contribution is -2.57. The Morgan fingerprint density at radius 1 is 1.60 bits per heavy atom. The molecule has 0 radical (unpaired) electrons. The molecule has 0 fully saturated rings. The lowest BCUT2D eigenvalue weighted by Gasteiger charge is -2.27. The molecule has 0 bridgehead atoms. The highest BCUT2D eigenvalue weighted by atomic mass is 35.5. The Bertz CT molecular complexity index is 198. The number of hydrogen-bond donors (Lipinski definition) is 3. The van der Waals surface area contributed by atoms with Crippen LogP contribution in [0.2, 0.25) is 0 Å². The van der Waals surface area contributed by atoms with E-state index in [0.717, 1.165) is 0 Å². The van der Waals surface area contributed by atoms with Crippen LogP contribution >= 0.6 is 11.6 Å². The Balaban J connectivity index is 2.88. The second-order valence-electron chi connectivity index (χ2n) is 2.33. The number of halogens is 1. The molecule has 56 valence electrons. The van der Waals surface area contributed by atoms with Crippen molar-refractivity contribution in [2.24, 2.45) is 11.5 Å². The van der Waals surface area contributed by atoms with Crippen LogP contribution < -0.4 is 11.5 Å². The first-order valence-corrected chi connectivity index (χ1v) is 3.22. The summed E-state index contributed by atoms with van der Waals surface area (Å²) in [5.74, 6) is 0. The molecule has 3 nitrogen and oxygen atoms in total. The molecule has 0 aromatic carbocycles. The number of nitrogens with two attached hydrogens (primary N) is 2. The van der Waals surface area contributed by atoms with E-state index >= 15 is 0 Å². The summed E-state index contributed by atoms with van der Waals surface area (Å²) in [6, 6.07) is 0. The molecule has 10 heavy (non-hydrogen) atoms. The molecule has 1 atom stereocenters. The van der Waals surface area contributed by atoms with Crippen molar-refractivity contribution >= 4 is 11.6 Å². The number of rotatable bonds is 0. The van der Waals surface area contributed by atoms with Gasteiger partial charge in [-0.1, -0.05) is 17.7 Å². The third-order valence-corrected chi connectivity index (χ3v) is 1.57. The zero-order chi connectivity index (χ0) is 7.78. The molecular weight excluding hydrogens is 152 g/mol. The van der Waals surface area contributed by atoms with E-state index in [2.05, 4.69) is 0 Å². The van der Waals surface area contributed by atoms with Crippen LogP contribution in [0.3, 0.4) is 0 Å². The molecule has 0 heterocycles. The average Bonchev–Trinajstić information content (AvgIpc) is 1.78. The number of allylic oxidation sites excluding steroid dienone is 2. The molecule has 1 rings (SSSR count). The van der Waals surface area contributed by atoms with Crippen molar-refractivity contribution in [2.45, 2.75) is 11.8 Å². The molecule has 0 aliphatic heterocycles. The molecule has 0 aromatic rings. The van der Waals surface area contributed by atoms with Crippen molar-refractivity contribution in [2.75, 3.05) is 0 Å². The van der Waals surface area contributed by atoms with Crippen molar-refractivity contribution in [1.82, 2.24) is 0 Å². The molecule has 1 unspecified atom stereocenters. The fourth-order valence-corrected chi connectivity index (χ4v) is 0.984. The highest BCUT2D eigenvalue weighted by Gasteiger charge is 2.27. The predicted octanol–water partition coefficient (Wildman–Crippen LogP) is -0.347. The van der Waals surface area contributed by atoms with E-state index in [4.69, 9.17) is 28.2 Å². The van der Waals surface area contributed by atoms with E-state index in [9.17, 15) is 0 Å². The number of hydrogen-bond acceptors (Lipinski definition) is 3. The maximum absolute atomic E-state index is 9.11. The first-order valence-electron chi connectivity index (χ1n) is 2.85.